The van der Waals surface area contributed by atoms with Crippen LogP contribution in [0.4, 0.5) is 0 Å². The fourth-order valence-corrected chi connectivity index (χ4v) is 4.66. The summed E-state index contributed by atoms with van der Waals surface area (Å²) in [7, 11) is 2.03. The summed E-state index contributed by atoms with van der Waals surface area (Å²) in [5.74, 6) is -0.191. The topological polar surface area (TPSA) is 75.4 Å². The minimum absolute atomic E-state index is 0.00449. The third kappa shape index (κ3) is 3.37. The van der Waals surface area contributed by atoms with Crippen molar-refractivity contribution in [2.75, 3.05) is 20.1 Å². The normalized spacial score (nSPS) is 29.3. The molecule has 1 spiro atoms. The van der Waals surface area contributed by atoms with Crippen molar-refractivity contribution >= 4 is 11.8 Å². The SMILES string of the molecule is CN[C@]1(c2ccccc2)CC[C@@]2(CC1)CC(=O)N(CC(C)(C)C(N)=O)C2. The first-order valence-corrected chi connectivity index (χ1v) is 9.54. The standard InChI is InChI=1S/C21H31N3O2/c1-19(2,18(22)26)14-24-15-20(13-17(24)25)9-11-21(23-3,12-10-20)16-7-5-4-6-8-16/h4-8,23H,9-15H2,1-3H3,(H2,22,26)/t20-,21-. The van der Waals surface area contributed by atoms with Gasteiger partial charge in [-0.15, -0.1) is 0 Å². The zero-order valence-electron chi connectivity index (χ0n) is 16.2. The number of carbonyl (C=O) groups excluding carboxylic acids is 2. The summed E-state index contributed by atoms with van der Waals surface area (Å²) in [5.41, 5.74) is 6.18. The Morgan fingerprint density at radius 2 is 1.81 bits per heavy atom. The van der Waals surface area contributed by atoms with Gasteiger partial charge in [-0.05, 0) is 57.6 Å². The Bertz CT molecular complexity index is 676. The molecule has 1 saturated heterocycles. The highest BCUT2D eigenvalue weighted by atomic mass is 16.2. The van der Waals surface area contributed by atoms with Crippen molar-refractivity contribution in [3.05, 3.63) is 35.9 Å². The van der Waals surface area contributed by atoms with Crippen LogP contribution in [0.3, 0.4) is 0 Å². The quantitative estimate of drug-likeness (QED) is 0.850. The molecule has 142 valence electrons. The summed E-state index contributed by atoms with van der Waals surface area (Å²) in [5, 5.41) is 3.56. The summed E-state index contributed by atoms with van der Waals surface area (Å²) in [6.07, 6.45) is 4.67. The molecule has 3 rings (SSSR count). The Kier molecular flexibility index (Phi) is 4.86. The summed E-state index contributed by atoms with van der Waals surface area (Å²) in [4.78, 5) is 26.1. The predicted molar refractivity (Wildman–Crippen MR) is 102 cm³/mol. The lowest BCUT2D eigenvalue weighted by atomic mass is 9.65. The third-order valence-electron chi connectivity index (χ3n) is 6.63. The van der Waals surface area contributed by atoms with Gasteiger partial charge >= 0.3 is 0 Å². The maximum Gasteiger partial charge on any atom is 0.224 e. The first kappa shape index (κ1) is 18.9. The number of primary amides is 1. The van der Waals surface area contributed by atoms with Gasteiger partial charge in [-0.25, -0.2) is 0 Å². The van der Waals surface area contributed by atoms with Crippen molar-refractivity contribution in [2.24, 2.45) is 16.6 Å². The average molecular weight is 357 g/mol. The Labute approximate surface area is 156 Å². The third-order valence-corrected chi connectivity index (χ3v) is 6.63. The molecule has 0 atom stereocenters. The number of nitrogens with two attached hydrogens (primary N) is 1. The Morgan fingerprint density at radius 1 is 1.19 bits per heavy atom. The zero-order valence-corrected chi connectivity index (χ0v) is 16.2. The van der Waals surface area contributed by atoms with E-state index in [1.54, 1.807) is 0 Å². The Hall–Kier alpha value is -1.88. The lowest BCUT2D eigenvalue weighted by molar-refractivity contribution is -0.132. The molecule has 1 heterocycles. The summed E-state index contributed by atoms with van der Waals surface area (Å²) in [6, 6.07) is 10.6. The number of nitrogens with one attached hydrogen (secondary N) is 1. The van der Waals surface area contributed by atoms with Crippen LogP contribution < -0.4 is 11.1 Å². The molecule has 2 amide bonds. The predicted octanol–water partition coefficient (Wildman–Crippen LogP) is 2.41. The average Bonchev–Trinajstić information content (AvgIpc) is 2.91. The Morgan fingerprint density at radius 3 is 2.35 bits per heavy atom. The van der Waals surface area contributed by atoms with Crippen LogP contribution in [-0.4, -0.2) is 36.9 Å². The molecule has 5 nitrogen and oxygen atoms in total. The second-order valence-corrected chi connectivity index (χ2v) is 8.87. The van der Waals surface area contributed by atoms with Gasteiger partial charge in [0, 0.05) is 25.0 Å². The van der Waals surface area contributed by atoms with Crippen LogP contribution in [0.25, 0.3) is 0 Å². The fraction of sp³-hybridized carbons (Fsp3) is 0.619. The molecule has 0 aromatic heterocycles. The maximum atomic E-state index is 12.6. The van der Waals surface area contributed by atoms with Crippen LogP contribution in [-0.2, 0) is 15.1 Å². The van der Waals surface area contributed by atoms with Crippen LogP contribution in [0.15, 0.2) is 30.3 Å². The van der Waals surface area contributed by atoms with E-state index in [2.05, 4.69) is 29.6 Å². The van der Waals surface area contributed by atoms with Crippen molar-refractivity contribution in [3.8, 4) is 0 Å². The monoisotopic (exact) mass is 357 g/mol. The lowest BCUT2D eigenvalue weighted by Crippen LogP contribution is -2.47. The molecule has 0 unspecified atom stereocenters. The minimum atomic E-state index is -0.686. The van der Waals surface area contributed by atoms with E-state index in [1.165, 1.54) is 5.56 Å². The van der Waals surface area contributed by atoms with Crippen LogP contribution in [0.1, 0.15) is 51.5 Å². The van der Waals surface area contributed by atoms with Crippen LogP contribution in [0.2, 0.25) is 0 Å². The van der Waals surface area contributed by atoms with E-state index in [0.717, 1.165) is 32.2 Å². The van der Waals surface area contributed by atoms with Gasteiger partial charge in [0.2, 0.25) is 11.8 Å². The molecule has 5 heteroatoms. The molecule has 1 saturated carbocycles. The Balaban J connectivity index is 1.71. The van der Waals surface area contributed by atoms with Gasteiger partial charge in [0.05, 0.1) is 5.41 Å². The summed E-state index contributed by atoms with van der Waals surface area (Å²) >= 11 is 0. The molecule has 26 heavy (non-hydrogen) atoms. The molecule has 2 fully saturated rings. The number of hydrogen-bond donors (Lipinski definition) is 2. The number of hydrogen-bond acceptors (Lipinski definition) is 3. The smallest absolute Gasteiger partial charge is 0.224 e. The molecule has 0 bridgehead atoms. The van der Waals surface area contributed by atoms with Crippen LogP contribution in [0, 0.1) is 10.8 Å². The highest BCUT2D eigenvalue weighted by molar-refractivity contribution is 5.83. The highest BCUT2D eigenvalue weighted by Gasteiger charge is 2.49. The van der Waals surface area contributed by atoms with Crippen molar-refractivity contribution < 1.29 is 9.59 Å². The number of likely N-dealkylation sites (tertiary alicyclic amines) is 1. The number of rotatable bonds is 5. The van der Waals surface area contributed by atoms with Gasteiger partial charge < -0.3 is 16.0 Å². The zero-order chi connectivity index (χ0) is 19.0. The molecular weight excluding hydrogens is 326 g/mol. The largest absolute Gasteiger partial charge is 0.369 e. The van der Waals surface area contributed by atoms with Crippen molar-refractivity contribution in [3.63, 3.8) is 0 Å². The van der Waals surface area contributed by atoms with Gasteiger partial charge in [-0.2, -0.15) is 0 Å². The second-order valence-electron chi connectivity index (χ2n) is 8.87. The van der Waals surface area contributed by atoms with E-state index >= 15 is 0 Å². The van der Waals surface area contributed by atoms with E-state index in [1.807, 2.05) is 31.9 Å². The van der Waals surface area contributed by atoms with E-state index in [4.69, 9.17) is 5.73 Å². The number of benzene rings is 1. The van der Waals surface area contributed by atoms with E-state index in [0.29, 0.717) is 13.0 Å². The van der Waals surface area contributed by atoms with Gasteiger partial charge in [0.1, 0.15) is 0 Å². The van der Waals surface area contributed by atoms with Crippen LogP contribution >= 0.6 is 0 Å². The molecule has 3 N–H and O–H groups in total. The molecule has 0 radical (unpaired) electrons. The van der Waals surface area contributed by atoms with Gasteiger partial charge in [-0.1, -0.05) is 30.3 Å². The molecule has 1 aromatic carbocycles. The van der Waals surface area contributed by atoms with Crippen molar-refractivity contribution in [1.29, 1.82) is 0 Å². The fourth-order valence-electron chi connectivity index (χ4n) is 4.66. The van der Waals surface area contributed by atoms with E-state index in [-0.39, 0.29) is 22.8 Å². The number of amides is 2. The van der Waals surface area contributed by atoms with Gasteiger partial charge in [0.25, 0.3) is 0 Å². The van der Waals surface area contributed by atoms with Crippen molar-refractivity contribution in [2.45, 2.75) is 51.5 Å². The van der Waals surface area contributed by atoms with Crippen LogP contribution in [0.5, 0.6) is 0 Å². The first-order valence-electron chi connectivity index (χ1n) is 9.54. The van der Waals surface area contributed by atoms with Gasteiger partial charge in [-0.3, -0.25) is 9.59 Å². The van der Waals surface area contributed by atoms with Crippen molar-refractivity contribution in [1.82, 2.24) is 10.2 Å². The molecule has 1 aliphatic heterocycles. The van der Waals surface area contributed by atoms with E-state index < -0.39 is 5.41 Å². The molecule has 2 aliphatic rings. The van der Waals surface area contributed by atoms with E-state index in [9.17, 15) is 9.59 Å². The highest BCUT2D eigenvalue weighted by Crippen LogP contribution is 2.50. The second kappa shape index (κ2) is 6.69. The number of carbonyl (C=O) groups is 2. The summed E-state index contributed by atoms with van der Waals surface area (Å²) < 4.78 is 0. The van der Waals surface area contributed by atoms with Gasteiger partial charge in [0.15, 0.2) is 0 Å². The minimum Gasteiger partial charge on any atom is -0.369 e. The molecular formula is C21H31N3O2. The molecule has 1 aliphatic carbocycles. The molecule has 1 aromatic rings. The first-order chi connectivity index (χ1) is 12.2. The summed E-state index contributed by atoms with van der Waals surface area (Å²) in [6.45, 7) is 4.79. The maximum absolute atomic E-state index is 12.6. The lowest BCUT2D eigenvalue weighted by Gasteiger charge is -2.45. The number of nitrogens with zero attached hydrogens (tertiary/aromatic N) is 1.